The van der Waals surface area contributed by atoms with Gasteiger partial charge in [0.2, 0.25) is 5.91 Å². The van der Waals surface area contributed by atoms with Gasteiger partial charge < -0.3 is 10.4 Å². The highest BCUT2D eigenvalue weighted by molar-refractivity contribution is 5.76. The SMILES string of the molecule is CCCCC(=O)NC1CCCC1CO. The van der Waals surface area contributed by atoms with E-state index in [0.717, 1.165) is 32.1 Å². The number of carbonyl (C=O) groups is 1. The monoisotopic (exact) mass is 199 g/mol. The third-order valence-electron chi connectivity index (χ3n) is 3.00. The molecule has 0 saturated heterocycles. The van der Waals surface area contributed by atoms with Crippen LogP contribution < -0.4 is 5.32 Å². The van der Waals surface area contributed by atoms with Crippen LogP contribution in [-0.4, -0.2) is 23.7 Å². The third kappa shape index (κ3) is 3.29. The number of nitrogens with one attached hydrogen (secondary N) is 1. The van der Waals surface area contributed by atoms with Crippen molar-refractivity contribution in [3.8, 4) is 0 Å². The van der Waals surface area contributed by atoms with Crippen LogP contribution in [0.4, 0.5) is 0 Å². The molecule has 1 aliphatic carbocycles. The lowest BCUT2D eigenvalue weighted by atomic mass is 10.0. The molecule has 0 aliphatic heterocycles. The average molecular weight is 199 g/mol. The molecular formula is C11H21NO2. The molecule has 0 spiro atoms. The Bertz CT molecular complexity index is 182. The maximum atomic E-state index is 11.4. The van der Waals surface area contributed by atoms with Crippen LogP contribution in [-0.2, 0) is 4.79 Å². The second-order valence-corrected chi connectivity index (χ2v) is 4.15. The summed E-state index contributed by atoms with van der Waals surface area (Å²) in [7, 11) is 0. The van der Waals surface area contributed by atoms with Crippen LogP contribution in [0.5, 0.6) is 0 Å². The molecule has 82 valence electrons. The second-order valence-electron chi connectivity index (χ2n) is 4.15. The minimum atomic E-state index is 0.150. The Morgan fingerprint density at radius 3 is 2.93 bits per heavy atom. The van der Waals surface area contributed by atoms with Crippen LogP contribution >= 0.6 is 0 Å². The quantitative estimate of drug-likeness (QED) is 0.704. The van der Waals surface area contributed by atoms with Crippen molar-refractivity contribution in [1.29, 1.82) is 0 Å². The van der Waals surface area contributed by atoms with E-state index >= 15 is 0 Å². The van der Waals surface area contributed by atoms with Gasteiger partial charge in [-0.1, -0.05) is 19.8 Å². The van der Waals surface area contributed by atoms with Gasteiger partial charge in [-0.3, -0.25) is 4.79 Å². The van der Waals surface area contributed by atoms with E-state index in [-0.39, 0.29) is 18.6 Å². The fourth-order valence-electron chi connectivity index (χ4n) is 2.06. The standard InChI is InChI=1S/C11H21NO2/c1-2-3-7-11(14)12-10-6-4-5-9(10)8-13/h9-10,13H,2-8H2,1H3,(H,12,14). The smallest absolute Gasteiger partial charge is 0.220 e. The number of rotatable bonds is 5. The summed E-state index contributed by atoms with van der Waals surface area (Å²) in [6, 6.07) is 0.226. The lowest BCUT2D eigenvalue weighted by molar-refractivity contribution is -0.122. The lowest BCUT2D eigenvalue weighted by Gasteiger charge is -2.18. The molecule has 0 aromatic heterocycles. The van der Waals surface area contributed by atoms with Crippen molar-refractivity contribution in [2.75, 3.05) is 6.61 Å². The fourth-order valence-corrected chi connectivity index (χ4v) is 2.06. The van der Waals surface area contributed by atoms with E-state index in [2.05, 4.69) is 12.2 Å². The van der Waals surface area contributed by atoms with Crippen LogP contribution in [0.15, 0.2) is 0 Å². The first kappa shape index (κ1) is 11.5. The summed E-state index contributed by atoms with van der Waals surface area (Å²) in [5.74, 6) is 0.442. The molecule has 2 atom stereocenters. The van der Waals surface area contributed by atoms with Crippen LogP contribution in [0.25, 0.3) is 0 Å². The number of carbonyl (C=O) groups excluding carboxylic acids is 1. The molecule has 0 radical (unpaired) electrons. The molecule has 0 aromatic carbocycles. The number of hydrogen-bond donors (Lipinski definition) is 2. The first-order valence-electron chi connectivity index (χ1n) is 5.68. The van der Waals surface area contributed by atoms with Gasteiger partial charge >= 0.3 is 0 Å². The molecule has 1 rings (SSSR count). The molecule has 2 N–H and O–H groups in total. The Morgan fingerprint density at radius 2 is 2.29 bits per heavy atom. The Hall–Kier alpha value is -0.570. The first-order valence-corrected chi connectivity index (χ1v) is 5.68. The summed E-state index contributed by atoms with van der Waals surface area (Å²) in [5.41, 5.74) is 0. The first-order chi connectivity index (χ1) is 6.77. The van der Waals surface area contributed by atoms with Gasteiger partial charge in [-0.15, -0.1) is 0 Å². The van der Waals surface area contributed by atoms with Gasteiger partial charge in [0.05, 0.1) is 0 Å². The van der Waals surface area contributed by atoms with Gasteiger partial charge in [-0.25, -0.2) is 0 Å². The second kappa shape index (κ2) is 6.02. The molecule has 1 aliphatic rings. The molecule has 14 heavy (non-hydrogen) atoms. The van der Waals surface area contributed by atoms with Crippen molar-refractivity contribution in [3.63, 3.8) is 0 Å². The van der Waals surface area contributed by atoms with Crippen LogP contribution in [0, 0.1) is 5.92 Å². The van der Waals surface area contributed by atoms with Gasteiger partial charge in [-0.05, 0) is 19.3 Å². The molecule has 1 fully saturated rings. The van der Waals surface area contributed by atoms with Gasteiger partial charge in [0.15, 0.2) is 0 Å². The number of hydrogen-bond acceptors (Lipinski definition) is 2. The maximum absolute atomic E-state index is 11.4. The summed E-state index contributed by atoms with van der Waals surface area (Å²) in [4.78, 5) is 11.4. The van der Waals surface area contributed by atoms with E-state index in [1.165, 1.54) is 0 Å². The summed E-state index contributed by atoms with van der Waals surface area (Å²) < 4.78 is 0. The van der Waals surface area contributed by atoms with E-state index in [9.17, 15) is 4.79 Å². The zero-order valence-corrected chi connectivity index (χ0v) is 8.96. The van der Waals surface area contributed by atoms with Crippen molar-refractivity contribution in [1.82, 2.24) is 5.32 Å². The van der Waals surface area contributed by atoms with E-state index in [4.69, 9.17) is 5.11 Å². The van der Waals surface area contributed by atoms with Gasteiger partial charge in [0.1, 0.15) is 0 Å². The molecule has 0 aromatic rings. The zero-order valence-electron chi connectivity index (χ0n) is 8.96. The predicted molar refractivity (Wildman–Crippen MR) is 55.9 cm³/mol. The third-order valence-corrected chi connectivity index (χ3v) is 3.00. The molecule has 3 heteroatoms. The molecule has 2 unspecified atom stereocenters. The topological polar surface area (TPSA) is 49.3 Å². The molecular weight excluding hydrogens is 178 g/mol. The summed E-state index contributed by atoms with van der Waals surface area (Å²) in [6.45, 7) is 2.29. The van der Waals surface area contributed by atoms with E-state index in [0.29, 0.717) is 12.3 Å². The predicted octanol–water partition coefficient (Wildman–Crippen LogP) is 1.45. The Kier molecular flexibility index (Phi) is 4.94. The Balaban J connectivity index is 2.25. The highest BCUT2D eigenvalue weighted by Crippen LogP contribution is 2.25. The fraction of sp³-hybridized carbons (Fsp3) is 0.909. The molecule has 1 saturated carbocycles. The van der Waals surface area contributed by atoms with Crippen molar-refractivity contribution < 1.29 is 9.90 Å². The lowest BCUT2D eigenvalue weighted by Crippen LogP contribution is -2.38. The van der Waals surface area contributed by atoms with E-state index in [1.807, 2.05) is 0 Å². The van der Waals surface area contributed by atoms with Gasteiger partial charge in [0, 0.05) is 25.0 Å². The number of amides is 1. The zero-order chi connectivity index (χ0) is 10.4. The number of aliphatic hydroxyl groups excluding tert-OH is 1. The molecule has 0 heterocycles. The normalized spacial score (nSPS) is 26.4. The van der Waals surface area contributed by atoms with Crippen LogP contribution in [0.1, 0.15) is 45.4 Å². The molecule has 1 amide bonds. The summed E-state index contributed by atoms with van der Waals surface area (Å²) in [6.07, 6.45) is 5.86. The van der Waals surface area contributed by atoms with E-state index in [1.54, 1.807) is 0 Å². The largest absolute Gasteiger partial charge is 0.396 e. The Morgan fingerprint density at radius 1 is 1.50 bits per heavy atom. The highest BCUT2D eigenvalue weighted by Gasteiger charge is 2.27. The number of unbranched alkanes of at least 4 members (excludes halogenated alkanes) is 1. The van der Waals surface area contributed by atoms with Crippen molar-refractivity contribution in [3.05, 3.63) is 0 Å². The summed E-state index contributed by atoms with van der Waals surface area (Å²) in [5, 5.41) is 12.1. The van der Waals surface area contributed by atoms with Gasteiger partial charge in [0.25, 0.3) is 0 Å². The van der Waals surface area contributed by atoms with Gasteiger partial charge in [-0.2, -0.15) is 0 Å². The number of aliphatic hydroxyl groups is 1. The van der Waals surface area contributed by atoms with Crippen LogP contribution in [0.2, 0.25) is 0 Å². The van der Waals surface area contributed by atoms with Crippen molar-refractivity contribution in [2.24, 2.45) is 5.92 Å². The van der Waals surface area contributed by atoms with Crippen LogP contribution in [0.3, 0.4) is 0 Å². The molecule has 3 nitrogen and oxygen atoms in total. The minimum absolute atomic E-state index is 0.150. The Labute approximate surface area is 85.9 Å². The van der Waals surface area contributed by atoms with Crippen molar-refractivity contribution >= 4 is 5.91 Å². The minimum Gasteiger partial charge on any atom is -0.396 e. The molecule has 0 bridgehead atoms. The summed E-state index contributed by atoms with van der Waals surface area (Å²) >= 11 is 0. The maximum Gasteiger partial charge on any atom is 0.220 e. The average Bonchev–Trinajstić information content (AvgIpc) is 2.62. The highest BCUT2D eigenvalue weighted by atomic mass is 16.3. The van der Waals surface area contributed by atoms with E-state index < -0.39 is 0 Å². The van der Waals surface area contributed by atoms with Crippen molar-refractivity contribution in [2.45, 2.75) is 51.5 Å².